The monoisotopic (exact) mass is 256 g/mol. The number of halogens is 3. The van der Waals surface area contributed by atoms with Crippen molar-refractivity contribution in [2.75, 3.05) is 13.1 Å². The highest BCUT2D eigenvalue weighted by Gasteiger charge is 2.37. The molecule has 0 fully saturated rings. The second kappa shape index (κ2) is 6.09. The smallest absolute Gasteiger partial charge is 0.407 e. The van der Waals surface area contributed by atoms with Gasteiger partial charge in [0.1, 0.15) is 5.60 Å². The van der Waals surface area contributed by atoms with Gasteiger partial charge in [-0.25, -0.2) is 4.79 Å². The summed E-state index contributed by atoms with van der Waals surface area (Å²) in [6.07, 6.45) is -5.31. The molecular formula is C10H19F3N2O2. The van der Waals surface area contributed by atoms with Crippen LogP contribution in [0.2, 0.25) is 0 Å². The van der Waals surface area contributed by atoms with Crippen molar-refractivity contribution < 1.29 is 22.7 Å². The first-order valence-corrected chi connectivity index (χ1v) is 5.30. The second-order valence-corrected chi connectivity index (χ2v) is 4.69. The lowest BCUT2D eigenvalue weighted by molar-refractivity contribution is -0.173. The van der Waals surface area contributed by atoms with E-state index < -0.39 is 30.3 Å². The molecule has 1 atom stereocenters. The summed E-state index contributed by atoms with van der Waals surface area (Å²) in [5.41, 5.74) is 4.35. The molecule has 0 rings (SSSR count). The summed E-state index contributed by atoms with van der Waals surface area (Å²) < 4.78 is 41.8. The number of nitrogens with one attached hydrogen (secondary N) is 1. The fraction of sp³-hybridized carbons (Fsp3) is 0.900. The van der Waals surface area contributed by atoms with Crippen molar-refractivity contribution in [1.82, 2.24) is 5.32 Å². The summed E-state index contributed by atoms with van der Waals surface area (Å²) >= 11 is 0. The molecule has 1 amide bonds. The summed E-state index contributed by atoms with van der Waals surface area (Å²) in [6, 6.07) is 0. The third kappa shape index (κ3) is 7.84. The van der Waals surface area contributed by atoms with Gasteiger partial charge in [-0.3, -0.25) is 0 Å². The number of ether oxygens (including phenoxy) is 1. The van der Waals surface area contributed by atoms with Gasteiger partial charge in [0.15, 0.2) is 0 Å². The van der Waals surface area contributed by atoms with E-state index in [0.717, 1.165) is 0 Å². The third-order valence-corrected chi connectivity index (χ3v) is 1.91. The van der Waals surface area contributed by atoms with Crippen LogP contribution in [0.4, 0.5) is 18.0 Å². The zero-order valence-electron chi connectivity index (χ0n) is 10.2. The van der Waals surface area contributed by atoms with E-state index in [-0.39, 0.29) is 13.0 Å². The molecule has 0 aliphatic carbocycles. The van der Waals surface area contributed by atoms with Gasteiger partial charge in [0.25, 0.3) is 0 Å². The Labute approximate surface area is 98.7 Å². The van der Waals surface area contributed by atoms with Gasteiger partial charge in [0.05, 0.1) is 5.92 Å². The quantitative estimate of drug-likeness (QED) is 0.809. The maximum absolute atomic E-state index is 12.3. The van der Waals surface area contributed by atoms with Crippen molar-refractivity contribution in [2.24, 2.45) is 11.7 Å². The van der Waals surface area contributed by atoms with Gasteiger partial charge < -0.3 is 15.8 Å². The van der Waals surface area contributed by atoms with Gasteiger partial charge in [-0.1, -0.05) is 0 Å². The molecule has 3 N–H and O–H groups in total. The molecule has 0 saturated heterocycles. The van der Waals surface area contributed by atoms with Crippen molar-refractivity contribution in [3.63, 3.8) is 0 Å². The normalized spacial score (nSPS) is 14.3. The molecule has 102 valence electrons. The molecule has 0 aromatic heterocycles. The molecule has 0 bridgehead atoms. The highest BCUT2D eigenvalue weighted by atomic mass is 19.4. The number of alkyl halides is 3. The average molecular weight is 256 g/mol. The molecule has 0 aromatic carbocycles. The molecule has 4 nitrogen and oxygen atoms in total. The minimum atomic E-state index is -4.33. The lowest BCUT2D eigenvalue weighted by Crippen LogP contribution is -2.37. The zero-order valence-corrected chi connectivity index (χ0v) is 10.2. The fourth-order valence-electron chi connectivity index (χ4n) is 1.08. The second-order valence-electron chi connectivity index (χ2n) is 4.69. The Kier molecular flexibility index (Phi) is 5.74. The lowest BCUT2D eigenvalue weighted by atomic mass is 10.1. The van der Waals surface area contributed by atoms with Gasteiger partial charge in [-0.15, -0.1) is 0 Å². The number of rotatable bonds is 4. The summed E-state index contributed by atoms with van der Waals surface area (Å²) in [6.45, 7) is 4.41. The Hall–Kier alpha value is -0.980. The molecule has 7 heteroatoms. The Morgan fingerprint density at radius 1 is 1.35 bits per heavy atom. The molecule has 0 unspecified atom stereocenters. The average Bonchev–Trinajstić information content (AvgIpc) is 2.07. The van der Waals surface area contributed by atoms with E-state index in [0.29, 0.717) is 0 Å². The van der Waals surface area contributed by atoms with Crippen molar-refractivity contribution in [1.29, 1.82) is 0 Å². The number of nitrogens with two attached hydrogens (primary N) is 1. The number of carbonyl (C=O) groups excluding carboxylic acids is 1. The van der Waals surface area contributed by atoms with Crippen LogP contribution in [0.25, 0.3) is 0 Å². The summed E-state index contributed by atoms with van der Waals surface area (Å²) in [5, 5.41) is 2.26. The van der Waals surface area contributed by atoms with Crippen LogP contribution in [0.15, 0.2) is 0 Å². The Bertz CT molecular complexity index is 249. The first-order chi connectivity index (χ1) is 7.56. The minimum Gasteiger partial charge on any atom is -0.444 e. The maximum atomic E-state index is 12.3. The predicted molar refractivity (Wildman–Crippen MR) is 57.5 cm³/mol. The van der Waals surface area contributed by atoms with Crippen LogP contribution in [-0.4, -0.2) is 31.0 Å². The van der Waals surface area contributed by atoms with Crippen LogP contribution in [0.5, 0.6) is 0 Å². The van der Waals surface area contributed by atoms with E-state index in [2.05, 4.69) is 5.32 Å². The standard InChI is InChI=1S/C10H19F3N2O2/c1-9(2,3)17-8(16)15-5-4-7(6-14)10(11,12)13/h7H,4-6,14H2,1-3H3,(H,15,16)/t7-/m0/s1. The van der Waals surface area contributed by atoms with E-state index in [1.165, 1.54) is 0 Å². The minimum absolute atomic E-state index is 0.115. The highest BCUT2D eigenvalue weighted by Crippen LogP contribution is 2.27. The van der Waals surface area contributed by atoms with E-state index in [9.17, 15) is 18.0 Å². The SMILES string of the molecule is CC(C)(C)OC(=O)NCC[C@@H](CN)C(F)(F)F. The molecule has 0 saturated carbocycles. The molecule has 0 radical (unpaired) electrons. The summed E-state index contributed by atoms with van der Waals surface area (Å²) in [7, 11) is 0. The van der Waals surface area contributed by atoms with E-state index in [4.69, 9.17) is 10.5 Å². The molecule has 17 heavy (non-hydrogen) atoms. The topological polar surface area (TPSA) is 64.3 Å². The van der Waals surface area contributed by atoms with Crippen LogP contribution in [-0.2, 0) is 4.74 Å². The van der Waals surface area contributed by atoms with Crippen molar-refractivity contribution >= 4 is 6.09 Å². The van der Waals surface area contributed by atoms with Crippen LogP contribution in [0.1, 0.15) is 27.2 Å². The number of alkyl carbamates (subject to hydrolysis) is 1. The molecule has 0 aliphatic rings. The Balaban J connectivity index is 3.95. The summed E-state index contributed by atoms with van der Waals surface area (Å²) in [5.74, 6) is -1.60. The number of hydrogen-bond acceptors (Lipinski definition) is 3. The maximum Gasteiger partial charge on any atom is 0.407 e. The van der Waals surface area contributed by atoms with Gasteiger partial charge in [0.2, 0.25) is 0 Å². The molecule has 0 spiro atoms. The summed E-state index contributed by atoms with van der Waals surface area (Å²) in [4.78, 5) is 11.1. The van der Waals surface area contributed by atoms with Gasteiger partial charge in [0, 0.05) is 13.1 Å². The zero-order chi connectivity index (χ0) is 13.7. The molecule has 0 heterocycles. The third-order valence-electron chi connectivity index (χ3n) is 1.91. The van der Waals surface area contributed by atoms with Crippen molar-refractivity contribution in [3.05, 3.63) is 0 Å². The first-order valence-electron chi connectivity index (χ1n) is 5.30. The molecule has 0 aromatic rings. The first kappa shape index (κ1) is 16.0. The fourth-order valence-corrected chi connectivity index (χ4v) is 1.08. The largest absolute Gasteiger partial charge is 0.444 e. The van der Waals surface area contributed by atoms with Gasteiger partial charge >= 0.3 is 12.3 Å². The van der Waals surface area contributed by atoms with Crippen LogP contribution < -0.4 is 11.1 Å². The van der Waals surface area contributed by atoms with Gasteiger partial charge in [-0.2, -0.15) is 13.2 Å². The van der Waals surface area contributed by atoms with Crippen molar-refractivity contribution in [3.8, 4) is 0 Å². The van der Waals surface area contributed by atoms with E-state index in [1.807, 2.05) is 0 Å². The lowest BCUT2D eigenvalue weighted by Gasteiger charge is -2.21. The highest BCUT2D eigenvalue weighted by molar-refractivity contribution is 5.67. The number of carbonyl (C=O) groups is 1. The van der Waals surface area contributed by atoms with Crippen LogP contribution in [0.3, 0.4) is 0 Å². The Morgan fingerprint density at radius 3 is 2.24 bits per heavy atom. The number of amides is 1. The van der Waals surface area contributed by atoms with Gasteiger partial charge in [-0.05, 0) is 27.2 Å². The predicted octanol–water partition coefficient (Wildman–Crippen LogP) is 2.04. The van der Waals surface area contributed by atoms with E-state index in [1.54, 1.807) is 20.8 Å². The van der Waals surface area contributed by atoms with Crippen LogP contribution in [0, 0.1) is 5.92 Å². The van der Waals surface area contributed by atoms with Crippen LogP contribution >= 0.6 is 0 Å². The molecule has 0 aliphatic heterocycles. The number of hydrogen-bond donors (Lipinski definition) is 2. The van der Waals surface area contributed by atoms with Crippen molar-refractivity contribution in [2.45, 2.75) is 39.0 Å². The Morgan fingerprint density at radius 2 is 1.88 bits per heavy atom. The molecular weight excluding hydrogens is 237 g/mol. The van der Waals surface area contributed by atoms with E-state index >= 15 is 0 Å².